The lowest BCUT2D eigenvalue weighted by atomic mass is 9.84. The van der Waals surface area contributed by atoms with E-state index < -0.39 is 5.60 Å². The van der Waals surface area contributed by atoms with Gasteiger partial charge >= 0.3 is 0 Å². The zero-order valence-electron chi connectivity index (χ0n) is 11.5. The van der Waals surface area contributed by atoms with Gasteiger partial charge in [0.05, 0.1) is 5.60 Å². The smallest absolute Gasteiger partial charge is 0.0915 e. The van der Waals surface area contributed by atoms with Crippen molar-refractivity contribution in [2.45, 2.75) is 24.9 Å². The van der Waals surface area contributed by atoms with Crippen LogP contribution in [0, 0.1) is 0 Å². The van der Waals surface area contributed by atoms with Crippen molar-refractivity contribution in [3.8, 4) is 0 Å². The average molecular weight is 255 g/mol. The number of rotatable bonds is 1. The summed E-state index contributed by atoms with van der Waals surface area (Å²) in [5, 5.41) is 13.5. The second-order valence-corrected chi connectivity index (χ2v) is 5.72. The maximum absolute atomic E-state index is 11.1. The fourth-order valence-corrected chi connectivity index (χ4v) is 3.15. The number of nitrogens with zero attached hydrogens (tertiary/aromatic N) is 1. The number of benzene rings is 2. The molecule has 1 unspecified atom stereocenters. The molecule has 1 fully saturated rings. The van der Waals surface area contributed by atoms with Gasteiger partial charge in [0, 0.05) is 6.54 Å². The Hall–Kier alpha value is -1.38. The number of hydrogen-bond acceptors (Lipinski definition) is 2. The summed E-state index contributed by atoms with van der Waals surface area (Å²) in [5.74, 6) is 0. The summed E-state index contributed by atoms with van der Waals surface area (Å²) >= 11 is 0. The molecule has 1 N–H and O–H groups in total. The highest BCUT2D eigenvalue weighted by molar-refractivity contribution is 5.86. The van der Waals surface area contributed by atoms with Crippen LogP contribution in [0.25, 0.3) is 10.8 Å². The fourth-order valence-electron chi connectivity index (χ4n) is 3.15. The molecule has 0 spiro atoms. The Labute approximate surface area is 114 Å². The normalized spacial score (nSPS) is 25.4. The summed E-state index contributed by atoms with van der Waals surface area (Å²) < 4.78 is 0. The standard InChI is InChI=1S/C17H21NO/c1-18-12-5-10-17(19,11-13-18)16-9-4-7-14-6-2-3-8-15(14)16/h2-4,6-9,19H,5,10-13H2,1H3. The molecule has 2 nitrogen and oxygen atoms in total. The quantitative estimate of drug-likeness (QED) is 0.846. The highest BCUT2D eigenvalue weighted by atomic mass is 16.3. The largest absolute Gasteiger partial charge is 0.385 e. The Kier molecular flexibility index (Phi) is 3.29. The number of hydrogen-bond donors (Lipinski definition) is 1. The zero-order chi connectivity index (χ0) is 13.3. The van der Waals surface area contributed by atoms with Gasteiger partial charge in [-0.2, -0.15) is 0 Å². The highest BCUT2D eigenvalue weighted by Gasteiger charge is 2.32. The predicted molar refractivity (Wildman–Crippen MR) is 79.2 cm³/mol. The predicted octanol–water partition coefficient (Wildman–Crippen LogP) is 3.14. The second kappa shape index (κ2) is 4.95. The molecule has 0 saturated carbocycles. The van der Waals surface area contributed by atoms with Gasteiger partial charge < -0.3 is 10.0 Å². The van der Waals surface area contributed by atoms with Crippen molar-refractivity contribution in [2.24, 2.45) is 0 Å². The zero-order valence-corrected chi connectivity index (χ0v) is 11.5. The van der Waals surface area contributed by atoms with E-state index in [1.807, 2.05) is 0 Å². The minimum Gasteiger partial charge on any atom is -0.385 e. The SMILES string of the molecule is CN1CCCC(O)(c2cccc3ccccc23)CC1. The van der Waals surface area contributed by atoms with E-state index in [4.69, 9.17) is 0 Å². The first-order valence-electron chi connectivity index (χ1n) is 7.08. The lowest BCUT2D eigenvalue weighted by Crippen LogP contribution is -2.28. The molecule has 0 radical (unpaired) electrons. The summed E-state index contributed by atoms with van der Waals surface area (Å²) in [6.07, 6.45) is 2.72. The van der Waals surface area contributed by atoms with Gasteiger partial charge in [-0.15, -0.1) is 0 Å². The Bertz CT molecular complexity index is 575. The van der Waals surface area contributed by atoms with Crippen LogP contribution in [0.3, 0.4) is 0 Å². The molecule has 1 atom stereocenters. The minimum absolute atomic E-state index is 0.675. The maximum atomic E-state index is 11.1. The molecule has 100 valence electrons. The van der Waals surface area contributed by atoms with Gasteiger partial charge in [0.2, 0.25) is 0 Å². The number of aliphatic hydroxyl groups is 1. The van der Waals surface area contributed by atoms with Gasteiger partial charge in [0.1, 0.15) is 0 Å². The van der Waals surface area contributed by atoms with Crippen LogP contribution in [0.1, 0.15) is 24.8 Å². The molecule has 1 saturated heterocycles. The molecular weight excluding hydrogens is 234 g/mol. The molecule has 0 amide bonds. The molecule has 1 aliphatic heterocycles. The molecule has 3 rings (SSSR count). The van der Waals surface area contributed by atoms with Crippen molar-refractivity contribution in [1.82, 2.24) is 4.90 Å². The highest BCUT2D eigenvalue weighted by Crippen LogP contribution is 2.36. The van der Waals surface area contributed by atoms with Crippen LogP contribution >= 0.6 is 0 Å². The van der Waals surface area contributed by atoms with Crippen LogP contribution in [0.15, 0.2) is 42.5 Å². The van der Waals surface area contributed by atoms with Crippen LogP contribution in [-0.2, 0) is 5.60 Å². The van der Waals surface area contributed by atoms with Crippen molar-refractivity contribution in [3.05, 3.63) is 48.0 Å². The van der Waals surface area contributed by atoms with Crippen LogP contribution in [0.4, 0.5) is 0 Å². The van der Waals surface area contributed by atoms with E-state index in [1.54, 1.807) is 0 Å². The van der Waals surface area contributed by atoms with Crippen LogP contribution in [0.2, 0.25) is 0 Å². The van der Waals surface area contributed by atoms with Gasteiger partial charge in [0.15, 0.2) is 0 Å². The third kappa shape index (κ3) is 2.38. The second-order valence-electron chi connectivity index (χ2n) is 5.72. The Morgan fingerprint density at radius 3 is 2.68 bits per heavy atom. The van der Waals surface area contributed by atoms with E-state index in [2.05, 4.69) is 54.4 Å². The van der Waals surface area contributed by atoms with E-state index in [-0.39, 0.29) is 0 Å². The fraction of sp³-hybridized carbons (Fsp3) is 0.412. The molecule has 19 heavy (non-hydrogen) atoms. The summed E-state index contributed by atoms with van der Waals surface area (Å²) in [5.41, 5.74) is 0.423. The van der Waals surface area contributed by atoms with Crippen molar-refractivity contribution in [2.75, 3.05) is 20.1 Å². The average Bonchev–Trinajstić information content (AvgIpc) is 2.61. The Morgan fingerprint density at radius 1 is 1.00 bits per heavy atom. The maximum Gasteiger partial charge on any atom is 0.0915 e. The first-order valence-corrected chi connectivity index (χ1v) is 7.08. The van der Waals surface area contributed by atoms with Gasteiger partial charge in [-0.25, -0.2) is 0 Å². The van der Waals surface area contributed by atoms with E-state index in [0.29, 0.717) is 0 Å². The van der Waals surface area contributed by atoms with Crippen molar-refractivity contribution in [3.63, 3.8) is 0 Å². The lowest BCUT2D eigenvalue weighted by Gasteiger charge is -2.28. The Morgan fingerprint density at radius 2 is 1.79 bits per heavy atom. The third-order valence-corrected chi connectivity index (χ3v) is 4.33. The summed E-state index contributed by atoms with van der Waals surface area (Å²) in [6.45, 7) is 2.03. The molecule has 2 aromatic rings. The molecule has 0 aliphatic carbocycles. The Balaban J connectivity index is 2.07. The topological polar surface area (TPSA) is 23.5 Å². The van der Waals surface area contributed by atoms with E-state index in [0.717, 1.165) is 37.9 Å². The number of fused-ring (bicyclic) bond motifs is 1. The van der Waals surface area contributed by atoms with Gasteiger partial charge in [0.25, 0.3) is 0 Å². The molecule has 2 aromatic carbocycles. The molecular formula is C17H21NO. The van der Waals surface area contributed by atoms with Crippen molar-refractivity contribution in [1.29, 1.82) is 0 Å². The third-order valence-electron chi connectivity index (χ3n) is 4.33. The monoisotopic (exact) mass is 255 g/mol. The molecule has 0 aromatic heterocycles. The van der Waals surface area contributed by atoms with Gasteiger partial charge in [-0.05, 0) is 49.2 Å². The van der Waals surface area contributed by atoms with Crippen molar-refractivity contribution >= 4 is 10.8 Å². The van der Waals surface area contributed by atoms with Gasteiger partial charge in [-0.1, -0.05) is 42.5 Å². The lowest BCUT2D eigenvalue weighted by molar-refractivity contribution is 0.0233. The van der Waals surface area contributed by atoms with Crippen molar-refractivity contribution < 1.29 is 5.11 Å². The number of likely N-dealkylation sites (tertiary alicyclic amines) is 1. The summed E-state index contributed by atoms with van der Waals surface area (Å²) in [4.78, 5) is 2.31. The van der Waals surface area contributed by atoms with E-state index in [1.165, 1.54) is 10.8 Å². The van der Waals surface area contributed by atoms with E-state index >= 15 is 0 Å². The summed E-state index contributed by atoms with van der Waals surface area (Å²) in [6, 6.07) is 14.6. The van der Waals surface area contributed by atoms with E-state index in [9.17, 15) is 5.11 Å². The van der Waals surface area contributed by atoms with Crippen LogP contribution in [-0.4, -0.2) is 30.1 Å². The minimum atomic E-state index is -0.675. The van der Waals surface area contributed by atoms with Crippen LogP contribution < -0.4 is 0 Å². The molecule has 0 bridgehead atoms. The summed E-state index contributed by atoms with van der Waals surface area (Å²) in [7, 11) is 2.13. The van der Waals surface area contributed by atoms with Crippen LogP contribution in [0.5, 0.6) is 0 Å². The molecule has 1 heterocycles. The first-order chi connectivity index (χ1) is 9.19. The van der Waals surface area contributed by atoms with Gasteiger partial charge in [-0.3, -0.25) is 0 Å². The first kappa shape index (κ1) is 12.6. The molecule has 1 aliphatic rings. The molecule has 2 heteroatoms.